The summed E-state index contributed by atoms with van der Waals surface area (Å²) in [6.07, 6.45) is 1.92. The zero-order valence-corrected chi connectivity index (χ0v) is 27.2. The van der Waals surface area contributed by atoms with Crippen LogP contribution in [-0.2, 0) is 25.5 Å². The normalized spacial score (nSPS) is 13.9. The Morgan fingerprint density at radius 3 is 2.35 bits per heavy atom. The van der Waals surface area contributed by atoms with E-state index in [4.69, 9.17) is 15.2 Å². The van der Waals surface area contributed by atoms with Gasteiger partial charge in [-0.15, -0.1) is 11.3 Å². The molecule has 11 nitrogen and oxygen atoms in total. The quantitative estimate of drug-likeness (QED) is 0.181. The Hall–Kier alpha value is -3.67. The molecule has 0 spiro atoms. The SMILES string of the molecule is CCCCC(=O)N(C)C(CC(OC(=O)NC)c1nc(C(=O)NC(Cc2ccc(N)cc2)CC(C)C(=O)OC)cs1)C(C)C. The first kappa shape index (κ1) is 35.5. The number of benzene rings is 1. The predicted molar refractivity (Wildman–Crippen MR) is 168 cm³/mol. The van der Waals surface area contributed by atoms with Crippen LogP contribution in [0.4, 0.5) is 10.5 Å². The van der Waals surface area contributed by atoms with Gasteiger partial charge in [-0.1, -0.05) is 46.2 Å². The topological polar surface area (TPSA) is 153 Å². The van der Waals surface area contributed by atoms with Crippen molar-refractivity contribution in [1.82, 2.24) is 20.5 Å². The number of carbonyl (C=O) groups is 4. The molecular weight excluding hydrogens is 570 g/mol. The van der Waals surface area contributed by atoms with E-state index < -0.39 is 24.0 Å². The van der Waals surface area contributed by atoms with Gasteiger partial charge < -0.3 is 30.7 Å². The van der Waals surface area contributed by atoms with Gasteiger partial charge in [-0.2, -0.15) is 0 Å². The molecule has 0 fully saturated rings. The second-order valence-corrected chi connectivity index (χ2v) is 12.0. The van der Waals surface area contributed by atoms with E-state index in [1.165, 1.54) is 25.5 Å². The van der Waals surface area contributed by atoms with Crippen molar-refractivity contribution in [2.75, 3.05) is 26.9 Å². The Kier molecular flexibility index (Phi) is 14.4. The third-order valence-electron chi connectivity index (χ3n) is 7.38. The first-order valence-corrected chi connectivity index (χ1v) is 15.6. The highest BCUT2D eigenvalue weighted by atomic mass is 32.1. The number of anilines is 1. The molecular formula is C31H47N5O6S. The third kappa shape index (κ3) is 11.2. The Balaban J connectivity index is 2.28. The van der Waals surface area contributed by atoms with Crippen LogP contribution in [0.15, 0.2) is 29.6 Å². The molecule has 0 radical (unpaired) electrons. The van der Waals surface area contributed by atoms with Crippen LogP contribution in [0.25, 0.3) is 0 Å². The molecule has 0 bridgehead atoms. The lowest BCUT2D eigenvalue weighted by Crippen LogP contribution is -2.42. The summed E-state index contributed by atoms with van der Waals surface area (Å²) in [5.41, 5.74) is 7.58. The van der Waals surface area contributed by atoms with Gasteiger partial charge in [0.05, 0.1) is 13.0 Å². The molecule has 1 aromatic carbocycles. The zero-order valence-electron chi connectivity index (χ0n) is 26.3. The highest BCUT2D eigenvalue weighted by Crippen LogP contribution is 2.30. The largest absolute Gasteiger partial charge is 0.469 e. The van der Waals surface area contributed by atoms with Crippen LogP contribution in [-0.4, -0.2) is 67.0 Å². The van der Waals surface area contributed by atoms with Crippen molar-refractivity contribution in [2.24, 2.45) is 11.8 Å². The van der Waals surface area contributed by atoms with E-state index in [1.54, 1.807) is 36.4 Å². The van der Waals surface area contributed by atoms with Gasteiger partial charge in [-0.05, 0) is 42.9 Å². The number of hydrogen-bond acceptors (Lipinski definition) is 9. The standard InChI is InChI=1S/C31H47N5O6S/c1-8-9-10-27(37)36(6)25(19(2)3)17-26(42-31(40)33-5)29-35-24(18-43-29)28(38)34-23(15-20(4)30(39)41-7)16-21-11-13-22(32)14-12-21/h11-14,18-20,23,25-26H,8-10,15-17,32H2,1-7H3,(H,33,40)(H,34,38). The molecule has 43 heavy (non-hydrogen) atoms. The van der Waals surface area contributed by atoms with Crippen molar-refractivity contribution in [2.45, 2.75) is 84.4 Å². The highest BCUT2D eigenvalue weighted by molar-refractivity contribution is 7.09. The van der Waals surface area contributed by atoms with Gasteiger partial charge >= 0.3 is 12.1 Å². The van der Waals surface area contributed by atoms with Gasteiger partial charge in [0.2, 0.25) is 5.91 Å². The molecule has 4 N–H and O–H groups in total. The minimum Gasteiger partial charge on any atom is -0.469 e. The molecule has 4 unspecified atom stereocenters. The molecule has 1 aromatic heterocycles. The van der Waals surface area contributed by atoms with Gasteiger partial charge in [0.1, 0.15) is 10.7 Å². The second-order valence-electron chi connectivity index (χ2n) is 11.1. The summed E-state index contributed by atoms with van der Waals surface area (Å²) < 4.78 is 10.6. The minimum absolute atomic E-state index is 0.0341. The van der Waals surface area contributed by atoms with Gasteiger partial charge in [-0.25, -0.2) is 9.78 Å². The predicted octanol–water partition coefficient (Wildman–Crippen LogP) is 4.73. The molecule has 3 amide bonds. The number of carbonyl (C=O) groups excluding carboxylic acids is 4. The number of nitrogen functional groups attached to an aromatic ring is 1. The molecule has 12 heteroatoms. The number of nitrogens with one attached hydrogen (secondary N) is 2. The van der Waals surface area contributed by atoms with Crippen molar-refractivity contribution >= 4 is 40.9 Å². The molecule has 0 saturated heterocycles. The van der Waals surface area contributed by atoms with Crippen molar-refractivity contribution in [3.05, 3.63) is 45.9 Å². The van der Waals surface area contributed by atoms with Crippen LogP contribution in [0.1, 0.15) is 87.0 Å². The number of hydrogen-bond donors (Lipinski definition) is 3. The summed E-state index contributed by atoms with van der Waals surface area (Å²) in [7, 11) is 4.58. The maximum atomic E-state index is 13.4. The van der Waals surface area contributed by atoms with Crippen LogP contribution >= 0.6 is 11.3 Å². The van der Waals surface area contributed by atoms with Crippen molar-refractivity contribution < 1.29 is 28.7 Å². The molecule has 238 valence electrons. The maximum absolute atomic E-state index is 13.4. The molecule has 4 atom stereocenters. The van der Waals surface area contributed by atoms with Crippen molar-refractivity contribution in [3.63, 3.8) is 0 Å². The first-order chi connectivity index (χ1) is 20.4. The van der Waals surface area contributed by atoms with Gasteiger partial charge in [0.25, 0.3) is 5.91 Å². The average Bonchev–Trinajstić information content (AvgIpc) is 3.48. The van der Waals surface area contributed by atoms with Crippen LogP contribution in [0.2, 0.25) is 0 Å². The number of aromatic nitrogens is 1. The van der Waals surface area contributed by atoms with Crippen molar-refractivity contribution in [3.8, 4) is 0 Å². The fourth-order valence-corrected chi connectivity index (χ4v) is 5.67. The summed E-state index contributed by atoms with van der Waals surface area (Å²) in [4.78, 5) is 56.9. The fraction of sp³-hybridized carbons (Fsp3) is 0.581. The Bertz CT molecular complexity index is 1200. The van der Waals surface area contributed by atoms with Gasteiger partial charge in [0, 0.05) is 50.1 Å². The lowest BCUT2D eigenvalue weighted by molar-refractivity contribution is -0.145. The maximum Gasteiger partial charge on any atom is 0.407 e. The van der Waals surface area contributed by atoms with Crippen LogP contribution in [0.3, 0.4) is 0 Å². The number of nitrogens with zero attached hydrogens (tertiary/aromatic N) is 2. The number of ether oxygens (including phenoxy) is 2. The highest BCUT2D eigenvalue weighted by Gasteiger charge is 2.31. The molecule has 0 saturated carbocycles. The number of thiazole rings is 1. The number of unbranched alkanes of at least 4 members (excludes halogenated alkanes) is 1. The molecule has 1 heterocycles. The van der Waals surface area contributed by atoms with Crippen LogP contribution in [0, 0.1) is 11.8 Å². The lowest BCUT2D eigenvalue weighted by atomic mass is 9.95. The number of rotatable bonds is 16. The Morgan fingerprint density at radius 2 is 1.77 bits per heavy atom. The van der Waals surface area contributed by atoms with Crippen LogP contribution in [0.5, 0.6) is 0 Å². The van der Waals surface area contributed by atoms with Crippen LogP contribution < -0.4 is 16.4 Å². The van der Waals surface area contributed by atoms with E-state index in [9.17, 15) is 19.2 Å². The summed E-state index contributed by atoms with van der Waals surface area (Å²) in [5, 5.41) is 7.56. The van der Waals surface area contributed by atoms with Gasteiger partial charge in [0.15, 0.2) is 6.10 Å². The van der Waals surface area contributed by atoms with E-state index in [-0.39, 0.29) is 35.6 Å². The van der Waals surface area contributed by atoms with E-state index >= 15 is 0 Å². The average molecular weight is 618 g/mol. The van der Waals surface area contributed by atoms with E-state index in [2.05, 4.69) is 15.6 Å². The van der Waals surface area contributed by atoms with E-state index in [1.807, 2.05) is 32.9 Å². The number of amides is 3. The lowest BCUT2D eigenvalue weighted by Gasteiger charge is -2.33. The monoisotopic (exact) mass is 617 g/mol. The Labute approximate surface area is 258 Å². The van der Waals surface area contributed by atoms with E-state index in [0.29, 0.717) is 36.4 Å². The van der Waals surface area contributed by atoms with Gasteiger partial charge in [-0.3, -0.25) is 14.4 Å². The fourth-order valence-electron chi connectivity index (χ4n) is 4.83. The molecule has 0 aliphatic rings. The second kappa shape index (κ2) is 17.4. The van der Waals surface area contributed by atoms with E-state index in [0.717, 1.165) is 18.4 Å². The number of esters is 1. The number of methoxy groups -OCH3 is 1. The number of alkyl carbamates (subject to hydrolysis) is 1. The summed E-state index contributed by atoms with van der Waals surface area (Å²) in [5.74, 6) is -1.09. The third-order valence-corrected chi connectivity index (χ3v) is 8.32. The van der Waals surface area contributed by atoms with Crippen molar-refractivity contribution in [1.29, 1.82) is 0 Å². The summed E-state index contributed by atoms with van der Waals surface area (Å²) in [6.45, 7) is 7.83. The molecule has 2 rings (SSSR count). The summed E-state index contributed by atoms with van der Waals surface area (Å²) in [6, 6.07) is 6.74. The zero-order chi connectivity index (χ0) is 32.1. The summed E-state index contributed by atoms with van der Waals surface area (Å²) >= 11 is 1.21. The molecule has 0 aliphatic heterocycles. The number of nitrogens with two attached hydrogens (primary N) is 1. The Morgan fingerprint density at radius 1 is 1.09 bits per heavy atom. The first-order valence-electron chi connectivity index (χ1n) is 14.7. The molecule has 0 aliphatic carbocycles. The molecule has 2 aromatic rings. The smallest absolute Gasteiger partial charge is 0.407 e. The minimum atomic E-state index is -0.773.